The third-order valence-electron chi connectivity index (χ3n) is 3.50. The van der Waals surface area contributed by atoms with Crippen molar-refractivity contribution in [1.82, 2.24) is 4.90 Å². The zero-order valence-corrected chi connectivity index (χ0v) is 12.3. The van der Waals surface area contributed by atoms with Crippen molar-refractivity contribution < 1.29 is 14.6 Å². The number of likely N-dealkylation sites (tertiary alicyclic amines) is 1. The van der Waals surface area contributed by atoms with Crippen LogP contribution >= 0.6 is 12.4 Å². The van der Waals surface area contributed by atoms with Crippen molar-refractivity contribution >= 4 is 18.4 Å². The molecule has 112 valence electrons. The average molecular weight is 300 g/mol. The molecule has 0 spiro atoms. The monoisotopic (exact) mass is 299 g/mol. The van der Waals surface area contributed by atoms with Gasteiger partial charge >= 0.3 is 5.97 Å². The zero-order chi connectivity index (χ0) is 13.5. The van der Waals surface area contributed by atoms with E-state index in [4.69, 9.17) is 9.84 Å². The lowest BCUT2D eigenvalue weighted by Gasteiger charge is -2.20. The van der Waals surface area contributed by atoms with Crippen LogP contribution in [-0.2, 0) is 4.79 Å². The molecule has 5 heteroatoms. The van der Waals surface area contributed by atoms with Crippen molar-refractivity contribution in [3.63, 3.8) is 0 Å². The Balaban J connectivity index is 0.00000200. The highest BCUT2D eigenvalue weighted by Gasteiger charge is 2.29. The van der Waals surface area contributed by atoms with E-state index in [0.29, 0.717) is 6.61 Å². The molecule has 1 heterocycles. The maximum absolute atomic E-state index is 11.0. The molecule has 1 aromatic carbocycles. The predicted molar refractivity (Wildman–Crippen MR) is 80.6 cm³/mol. The second kappa shape index (κ2) is 8.82. The SMILES string of the molecule is Cl.O=C(O)[C@@H]1CCCN1CCCCOc1ccccc1. The molecule has 0 amide bonds. The van der Waals surface area contributed by atoms with Crippen molar-refractivity contribution in [2.24, 2.45) is 0 Å². The van der Waals surface area contributed by atoms with Gasteiger partial charge in [-0.05, 0) is 50.9 Å². The maximum Gasteiger partial charge on any atom is 0.320 e. The first-order valence-corrected chi connectivity index (χ1v) is 6.92. The fourth-order valence-corrected chi connectivity index (χ4v) is 2.50. The lowest BCUT2D eigenvalue weighted by Crippen LogP contribution is -2.36. The number of unbranched alkanes of at least 4 members (excludes halogenated alkanes) is 1. The van der Waals surface area contributed by atoms with Crippen molar-refractivity contribution in [2.75, 3.05) is 19.7 Å². The Morgan fingerprint density at radius 3 is 2.75 bits per heavy atom. The quantitative estimate of drug-likeness (QED) is 0.787. The van der Waals surface area contributed by atoms with Crippen LogP contribution in [0.4, 0.5) is 0 Å². The third kappa shape index (κ3) is 5.02. The zero-order valence-electron chi connectivity index (χ0n) is 11.5. The number of para-hydroxylation sites is 1. The van der Waals surface area contributed by atoms with E-state index in [1.54, 1.807) is 0 Å². The number of aliphatic carboxylic acids is 1. The number of halogens is 1. The number of carbonyl (C=O) groups is 1. The molecular weight excluding hydrogens is 278 g/mol. The first kappa shape index (κ1) is 16.8. The van der Waals surface area contributed by atoms with E-state index in [2.05, 4.69) is 4.90 Å². The molecule has 4 nitrogen and oxygen atoms in total. The van der Waals surface area contributed by atoms with Gasteiger partial charge in [0, 0.05) is 0 Å². The Morgan fingerprint density at radius 1 is 1.30 bits per heavy atom. The normalized spacial score (nSPS) is 18.5. The number of carboxylic acids is 1. The van der Waals surface area contributed by atoms with Crippen molar-refractivity contribution in [3.05, 3.63) is 30.3 Å². The molecule has 0 unspecified atom stereocenters. The average Bonchev–Trinajstić information content (AvgIpc) is 2.88. The van der Waals surface area contributed by atoms with Crippen LogP contribution in [0.15, 0.2) is 30.3 Å². The van der Waals surface area contributed by atoms with Crippen LogP contribution in [0.2, 0.25) is 0 Å². The molecule has 0 aliphatic carbocycles. The highest BCUT2D eigenvalue weighted by molar-refractivity contribution is 5.85. The summed E-state index contributed by atoms with van der Waals surface area (Å²) >= 11 is 0. The summed E-state index contributed by atoms with van der Waals surface area (Å²) in [5, 5.41) is 9.07. The van der Waals surface area contributed by atoms with E-state index in [-0.39, 0.29) is 18.4 Å². The number of nitrogens with zero attached hydrogens (tertiary/aromatic N) is 1. The van der Waals surface area contributed by atoms with Gasteiger partial charge in [-0.3, -0.25) is 9.69 Å². The number of rotatable bonds is 7. The summed E-state index contributed by atoms with van der Waals surface area (Å²) in [4.78, 5) is 13.1. The second-order valence-corrected chi connectivity index (χ2v) is 4.90. The van der Waals surface area contributed by atoms with E-state index in [0.717, 1.165) is 44.5 Å². The van der Waals surface area contributed by atoms with Crippen molar-refractivity contribution in [1.29, 1.82) is 0 Å². The standard InChI is InChI=1S/C15H21NO3.ClH/c17-15(18)14-9-6-11-16(14)10-4-5-12-19-13-7-2-1-3-8-13;/h1-3,7-8,14H,4-6,9-12H2,(H,17,18);1H/t14-;/m0./s1. The Hall–Kier alpha value is -1.26. The highest BCUT2D eigenvalue weighted by Crippen LogP contribution is 2.18. The second-order valence-electron chi connectivity index (χ2n) is 4.90. The number of benzene rings is 1. The topological polar surface area (TPSA) is 49.8 Å². The van der Waals surface area contributed by atoms with Crippen LogP contribution in [0.5, 0.6) is 5.75 Å². The molecule has 0 radical (unpaired) electrons. The number of ether oxygens (including phenoxy) is 1. The molecule has 1 aromatic rings. The number of hydrogen-bond donors (Lipinski definition) is 1. The summed E-state index contributed by atoms with van der Waals surface area (Å²) in [6.45, 7) is 2.46. The van der Waals surface area contributed by atoms with Crippen LogP contribution in [-0.4, -0.2) is 41.7 Å². The molecule has 1 saturated heterocycles. The van der Waals surface area contributed by atoms with Crippen LogP contribution in [0.25, 0.3) is 0 Å². The van der Waals surface area contributed by atoms with E-state index in [1.807, 2.05) is 30.3 Å². The Bertz CT molecular complexity index is 399. The van der Waals surface area contributed by atoms with Gasteiger partial charge in [0.25, 0.3) is 0 Å². The fraction of sp³-hybridized carbons (Fsp3) is 0.533. The third-order valence-corrected chi connectivity index (χ3v) is 3.50. The van der Waals surface area contributed by atoms with E-state index in [1.165, 1.54) is 0 Å². The van der Waals surface area contributed by atoms with Crippen LogP contribution < -0.4 is 4.74 Å². The molecule has 1 atom stereocenters. The molecule has 1 aliphatic heterocycles. The van der Waals surface area contributed by atoms with E-state index in [9.17, 15) is 4.79 Å². The predicted octanol–water partition coefficient (Wildman–Crippen LogP) is 2.82. The Kier molecular flexibility index (Phi) is 7.41. The van der Waals surface area contributed by atoms with Gasteiger partial charge in [0.05, 0.1) is 6.61 Å². The minimum absolute atomic E-state index is 0. The summed E-state index contributed by atoms with van der Waals surface area (Å²) in [5.74, 6) is 0.213. The van der Waals surface area contributed by atoms with Crippen LogP contribution in [0.3, 0.4) is 0 Å². The van der Waals surface area contributed by atoms with Gasteiger partial charge in [-0.1, -0.05) is 18.2 Å². The first-order valence-electron chi connectivity index (χ1n) is 6.92. The van der Waals surface area contributed by atoms with Gasteiger partial charge in [0.1, 0.15) is 11.8 Å². The van der Waals surface area contributed by atoms with Crippen LogP contribution in [0, 0.1) is 0 Å². The van der Waals surface area contributed by atoms with Gasteiger partial charge in [-0.2, -0.15) is 0 Å². The van der Waals surface area contributed by atoms with Gasteiger partial charge in [0.2, 0.25) is 0 Å². The van der Waals surface area contributed by atoms with Gasteiger partial charge in [-0.25, -0.2) is 0 Å². The van der Waals surface area contributed by atoms with Gasteiger partial charge < -0.3 is 9.84 Å². The van der Waals surface area contributed by atoms with Crippen molar-refractivity contribution in [3.8, 4) is 5.75 Å². The summed E-state index contributed by atoms with van der Waals surface area (Å²) in [7, 11) is 0. The lowest BCUT2D eigenvalue weighted by atomic mass is 10.2. The lowest BCUT2D eigenvalue weighted by molar-refractivity contribution is -0.142. The minimum Gasteiger partial charge on any atom is -0.494 e. The van der Waals surface area contributed by atoms with Gasteiger partial charge in [0.15, 0.2) is 0 Å². The molecule has 0 bridgehead atoms. The van der Waals surface area contributed by atoms with E-state index < -0.39 is 5.97 Å². The highest BCUT2D eigenvalue weighted by atomic mass is 35.5. The fourth-order valence-electron chi connectivity index (χ4n) is 2.50. The smallest absolute Gasteiger partial charge is 0.320 e. The molecule has 20 heavy (non-hydrogen) atoms. The van der Waals surface area contributed by atoms with Gasteiger partial charge in [-0.15, -0.1) is 12.4 Å². The molecule has 0 saturated carbocycles. The molecular formula is C15H22ClNO3. The van der Waals surface area contributed by atoms with Crippen molar-refractivity contribution in [2.45, 2.75) is 31.7 Å². The molecule has 0 aromatic heterocycles. The summed E-state index contributed by atoms with van der Waals surface area (Å²) < 4.78 is 5.61. The summed E-state index contributed by atoms with van der Waals surface area (Å²) in [5.41, 5.74) is 0. The summed E-state index contributed by atoms with van der Waals surface area (Å²) in [6, 6.07) is 9.50. The Morgan fingerprint density at radius 2 is 2.05 bits per heavy atom. The molecule has 1 fully saturated rings. The largest absolute Gasteiger partial charge is 0.494 e. The molecule has 2 rings (SSSR count). The summed E-state index contributed by atoms with van der Waals surface area (Å²) in [6.07, 6.45) is 3.72. The number of hydrogen-bond acceptors (Lipinski definition) is 3. The first-order chi connectivity index (χ1) is 9.27. The van der Waals surface area contributed by atoms with E-state index >= 15 is 0 Å². The maximum atomic E-state index is 11.0. The number of carboxylic acid groups (broad SMARTS) is 1. The Labute approximate surface area is 126 Å². The molecule has 1 N–H and O–H groups in total. The molecule has 1 aliphatic rings. The minimum atomic E-state index is -0.682. The van der Waals surface area contributed by atoms with Crippen LogP contribution in [0.1, 0.15) is 25.7 Å².